The number of benzene rings is 1. The molecule has 1 heterocycles. The van der Waals surface area contributed by atoms with Gasteiger partial charge in [0.1, 0.15) is 0 Å². The van der Waals surface area contributed by atoms with E-state index in [0.29, 0.717) is 5.56 Å². The Bertz CT molecular complexity index is 539. The quantitative estimate of drug-likeness (QED) is 0.739. The molecular formula is C14H14N2O. The van der Waals surface area contributed by atoms with Crippen LogP contribution in [0.1, 0.15) is 32.9 Å². The van der Waals surface area contributed by atoms with Crippen LogP contribution in [-0.4, -0.2) is 15.8 Å². The van der Waals surface area contributed by atoms with Crippen LogP contribution >= 0.6 is 0 Å². The van der Waals surface area contributed by atoms with E-state index >= 15 is 0 Å². The maximum Gasteiger partial charge on any atom is 0.230 e. The molecule has 86 valence electrons. The molecule has 0 atom stereocenters. The molecule has 3 nitrogen and oxygen atoms in total. The molecule has 3 heteroatoms. The lowest BCUT2D eigenvalue weighted by atomic mass is 10.0. The highest BCUT2D eigenvalue weighted by atomic mass is 16.1. The number of rotatable bonds is 2. The molecular weight excluding hydrogens is 212 g/mol. The van der Waals surface area contributed by atoms with Gasteiger partial charge >= 0.3 is 0 Å². The fraction of sp³-hybridized carbons (Fsp3) is 0.214. The largest absolute Gasteiger partial charge is 0.285 e. The van der Waals surface area contributed by atoms with Gasteiger partial charge in [0.15, 0.2) is 0 Å². The molecule has 17 heavy (non-hydrogen) atoms. The average Bonchev–Trinajstić information content (AvgIpc) is 2.28. The summed E-state index contributed by atoms with van der Waals surface area (Å²) in [5.74, 6) is 0.123. The summed E-state index contributed by atoms with van der Waals surface area (Å²) < 4.78 is 0. The van der Waals surface area contributed by atoms with Crippen molar-refractivity contribution < 1.29 is 4.79 Å². The lowest BCUT2D eigenvalue weighted by Gasteiger charge is -2.03. The van der Waals surface area contributed by atoms with Crippen molar-refractivity contribution in [2.24, 2.45) is 0 Å². The van der Waals surface area contributed by atoms with Crippen LogP contribution in [0.3, 0.4) is 0 Å². The Balaban J connectivity index is 2.40. The number of carbonyl (C=O) groups excluding carboxylic acids is 1. The van der Waals surface area contributed by atoms with E-state index in [0.717, 1.165) is 16.7 Å². The van der Waals surface area contributed by atoms with Crippen LogP contribution in [0.25, 0.3) is 0 Å². The van der Waals surface area contributed by atoms with Gasteiger partial charge in [-0.2, -0.15) is 0 Å². The lowest BCUT2D eigenvalue weighted by Crippen LogP contribution is -2.07. The average molecular weight is 226 g/mol. The number of nitrogens with zero attached hydrogens (tertiary/aromatic N) is 2. The maximum absolute atomic E-state index is 12.1. The Morgan fingerprint density at radius 1 is 0.882 bits per heavy atom. The number of aromatic nitrogens is 2. The molecule has 0 saturated heterocycles. The number of ketones is 1. The highest BCUT2D eigenvalue weighted by Crippen LogP contribution is 2.12. The van der Waals surface area contributed by atoms with Gasteiger partial charge in [0.05, 0.1) is 0 Å². The summed E-state index contributed by atoms with van der Waals surface area (Å²) in [6.07, 6.45) is 3.31. The smallest absolute Gasteiger partial charge is 0.230 e. The molecule has 0 aliphatic carbocycles. The highest BCUT2D eigenvalue weighted by molar-refractivity contribution is 6.06. The number of carbonyl (C=O) groups is 1. The van der Waals surface area contributed by atoms with Gasteiger partial charge in [0, 0.05) is 18.0 Å². The molecule has 0 radical (unpaired) electrons. The Hall–Kier alpha value is -2.03. The van der Waals surface area contributed by atoms with Crippen molar-refractivity contribution in [2.75, 3.05) is 0 Å². The summed E-state index contributed by atoms with van der Waals surface area (Å²) in [7, 11) is 0. The van der Waals surface area contributed by atoms with Gasteiger partial charge < -0.3 is 0 Å². The van der Waals surface area contributed by atoms with Crippen molar-refractivity contribution in [3.8, 4) is 0 Å². The first-order valence-corrected chi connectivity index (χ1v) is 5.48. The second-order valence-electron chi connectivity index (χ2n) is 4.29. The molecule has 0 spiro atoms. The second-order valence-corrected chi connectivity index (χ2v) is 4.29. The van der Waals surface area contributed by atoms with Crippen molar-refractivity contribution in [3.05, 3.63) is 58.7 Å². The van der Waals surface area contributed by atoms with Gasteiger partial charge in [-0.25, -0.2) is 9.97 Å². The van der Waals surface area contributed by atoms with Gasteiger partial charge in [-0.15, -0.1) is 0 Å². The second kappa shape index (κ2) is 4.45. The van der Waals surface area contributed by atoms with Gasteiger partial charge in [-0.1, -0.05) is 17.2 Å². The van der Waals surface area contributed by atoms with Crippen LogP contribution in [0.2, 0.25) is 0 Å². The zero-order valence-electron chi connectivity index (χ0n) is 10.2. The Kier molecular flexibility index (Phi) is 3.00. The van der Waals surface area contributed by atoms with Gasteiger partial charge in [-0.3, -0.25) is 4.79 Å². The number of hydrogen-bond donors (Lipinski definition) is 0. The molecule has 0 fully saturated rings. The third-order valence-corrected chi connectivity index (χ3v) is 2.47. The predicted molar refractivity (Wildman–Crippen MR) is 66.1 cm³/mol. The van der Waals surface area contributed by atoms with Gasteiger partial charge in [-0.05, 0) is 38.5 Å². The molecule has 0 aliphatic rings. The molecule has 1 aromatic heterocycles. The Labute approximate surface area is 101 Å². The minimum Gasteiger partial charge on any atom is -0.285 e. The zero-order valence-corrected chi connectivity index (χ0v) is 10.2. The van der Waals surface area contributed by atoms with E-state index in [1.54, 1.807) is 12.4 Å². The maximum atomic E-state index is 12.1. The lowest BCUT2D eigenvalue weighted by molar-refractivity contribution is 0.102. The standard InChI is InChI=1S/C14H14N2O/c1-9-4-10(2)6-12(5-9)13(17)14-15-7-11(3)8-16-14/h4-8H,1-3H3. The Morgan fingerprint density at radius 3 is 1.94 bits per heavy atom. The molecule has 2 aromatic rings. The summed E-state index contributed by atoms with van der Waals surface area (Å²) in [5.41, 5.74) is 3.73. The Morgan fingerprint density at radius 2 is 1.41 bits per heavy atom. The van der Waals surface area contributed by atoms with E-state index in [-0.39, 0.29) is 11.6 Å². The van der Waals surface area contributed by atoms with Crippen molar-refractivity contribution >= 4 is 5.78 Å². The molecule has 0 aliphatic heterocycles. The summed E-state index contributed by atoms with van der Waals surface area (Å²) >= 11 is 0. The molecule has 0 unspecified atom stereocenters. The fourth-order valence-electron chi connectivity index (χ4n) is 1.74. The van der Waals surface area contributed by atoms with E-state index in [4.69, 9.17) is 0 Å². The van der Waals surface area contributed by atoms with E-state index in [2.05, 4.69) is 9.97 Å². The normalized spacial score (nSPS) is 10.3. The third kappa shape index (κ3) is 2.56. The van der Waals surface area contributed by atoms with Crippen LogP contribution in [0.15, 0.2) is 30.6 Å². The third-order valence-electron chi connectivity index (χ3n) is 2.47. The summed E-state index contributed by atoms with van der Waals surface area (Å²) in [5, 5.41) is 0. The van der Waals surface area contributed by atoms with Crippen molar-refractivity contribution in [2.45, 2.75) is 20.8 Å². The first-order valence-electron chi connectivity index (χ1n) is 5.48. The SMILES string of the molecule is Cc1cnc(C(=O)c2cc(C)cc(C)c2)nc1. The number of aryl methyl sites for hydroxylation is 3. The first kappa shape index (κ1) is 11.5. The first-order chi connectivity index (χ1) is 8.06. The molecule has 2 rings (SSSR count). The molecule has 0 N–H and O–H groups in total. The van der Waals surface area contributed by atoms with E-state index < -0.39 is 0 Å². The van der Waals surface area contributed by atoms with Gasteiger partial charge in [0.25, 0.3) is 0 Å². The molecule has 0 bridgehead atoms. The topological polar surface area (TPSA) is 42.9 Å². The monoisotopic (exact) mass is 226 g/mol. The zero-order chi connectivity index (χ0) is 12.4. The summed E-state index contributed by atoms with van der Waals surface area (Å²) in [6.45, 7) is 5.84. The molecule has 0 saturated carbocycles. The van der Waals surface area contributed by atoms with Crippen molar-refractivity contribution in [1.82, 2.24) is 9.97 Å². The van der Waals surface area contributed by atoms with Crippen molar-refractivity contribution in [3.63, 3.8) is 0 Å². The minimum absolute atomic E-state index is 0.128. The van der Waals surface area contributed by atoms with Crippen LogP contribution < -0.4 is 0 Å². The number of hydrogen-bond acceptors (Lipinski definition) is 3. The van der Waals surface area contributed by atoms with Crippen molar-refractivity contribution in [1.29, 1.82) is 0 Å². The van der Waals surface area contributed by atoms with E-state index in [9.17, 15) is 4.79 Å². The summed E-state index contributed by atoms with van der Waals surface area (Å²) in [6, 6.07) is 5.75. The van der Waals surface area contributed by atoms with Gasteiger partial charge in [0.2, 0.25) is 11.6 Å². The molecule has 1 aromatic carbocycles. The van der Waals surface area contributed by atoms with Crippen LogP contribution in [0.4, 0.5) is 0 Å². The predicted octanol–water partition coefficient (Wildman–Crippen LogP) is 2.63. The summed E-state index contributed by atoms with van der Waals surface area (Å²) in [4.78, 5) is 20.2. The minimum atomic E-state index is -0.128. The van der Waals surface area contributed by atoms with E-state index in [1.165, 1.54) is 0 Å². The highest BCUT2D eigenvalue weighted by Gasteiger charge is 2.12. The van der Waals surface area contributed by atoms with Crippen LogP contribution in [0.5, 0.6) is 0 Å². The molecule has 0 amide bonds. The van der Waals surface area contributed by atoms with Crippen LogP contribution in [-0.2, 0) is 0 Å². The van der Waals surface area contributed by atoms with Crippen LogP contribution in [0, 0.1) is 20.8 Å². The fourth-order valence-corrected chi connectivity index (χ4v) is 1.74. The van der Waals surface area contributed by atoms with E-state index in [1.807, 2.05) is 39.0 Å².